The summed E-state index contributed by atoms with van der Waals surface area (Å²) >= 11 is 0. The molecule has 1 aliphatic heterocycles. The number of aliphatic hydroxyl groups excluding tert-OH is 1. The molecule has 1 aliphatic rings. The molecule has 7 heteroatoms. The zero-order chi connectivity index (χ0) is 17.6. The smallest absolute Gasteiger partial charge is 0.269 e. The molecule has 0 radical (unpaired) electrons. The van der Waals surface area contributed by atoms with E-state index in [0.29, 0.717) is 12.5 Å². The van der Waals surface area contributed by atoms with E-state index in [1.165, 1.54) is 6.07 Å². The molecule has 1 saturated heterocycles. The lowest BCUT2D eigenvalue weighted by molar-refractivity contribution is -0.384. The predicted octanol–water partition coefficient (Wildman–Crippen LogP) is 2.81. The monoisotopic (exact) mass is 342 g/mol. The number of nitro groups is 1. The fourth-order valence-corrected chi connectivity index (χ4v) is 3.02. The van der Waals surface area contributed by atoms with Crippen molar-refractivity contribution in [3.63, 3.8) is 0 Å². The maximum Gasteiger partial charge on any atom is 0.269 e. The summed E-state index contributed by atoms with van der Waals surface area (Å²) in [4.78, 5) is 17.1. The van der Waals surface area contributed by atoms with Crippen LogP contribution in [0, 0.1) is 16.0 Å². The Kier molecular flexibility index (Phi) is 5.45. The highest BCUT2D eigenvalue weighted by atomic mass is 16.6. The van der Waals surface area contributed by atoms with Gasteiger partial charge >= 0.3 is 0 Å². The summed E-state index contributed by atoms with van der Waals surface area (Å²) in [5.74, 6) is 1.15. The van der Waals surface area contributed by atoms with Crippen molar-refractivity contribution in [2.45, 2.75) is 19.4 Å². The van der Waals surface area contributed by atoms with Gasteiger partial charge in [-0.1, -0.05) is 12.1 Å². The van der Waals surface area contributed by atoms with E-state index in [4.69, 9.17) is 0 Å². The molecule has 0 saturated carbocycles. The van der Waals surface area contributed by atoms with Crippen LogP contribution in [0.25, 0.3) is 0 Å². The van der Waals surface area contributed by atoms with Crippen molar-refractivity contribution < 1.29 is 10.0 Å². The number of aliphatic hydroxyl groups is 1. The van der Waals surface area contributed by atoms with Crippen LogP contribution in [0.5, 0.6) is 0 Å². The number of hydrogen-bond donors (Lipinski definition) is 2. The van der Waals surface area contributed by atoms with Gasteiger partial charge in [0.1, 0.15) is 5.82 Å². The maximum atomic E-state index is 10.8. The van der Waals surface area contributed by atoms with Crippen molar-refractivity contribution in [1.29, 1.82) is 0 Å². The van der Waals surface area contributed by atoms with E-state index < -0.39 is 4.92 Å². The Bertz CT molecular complexity index is 713. The Hall–Kier alpha value is -2.67. The van der Waals surface area contributed by atoms with Crippen LogP contribution in [0.1, 0.15) is 18.4 Å². The standard InChI is InChI=1S/C18H22N4O3/c23-13-14-6-8-21(9-7-14)17-4-5-18(20-12-17)19-11-15-2-1-3-16(10-15)22(24)25/h1-5,10,12,14,23H,6-9,11,13H2,(H,19,20). The van der Waals surface area contributed by atoms with Crippen LogP contribution in [-0.2, 0) is 6.54 Å². The number of piperidine rings is 1. The number of hydrogen-bond acceptors (Lipinski definition) is 6. The Morgan fingerprint density at radius 3 is 2.72 bits per heavy atom. The highest BCUT2D eigenvalue weighted by Crippen LogP contribution is 2.23. The van der Waals surface area contributed by atoms with E-state index in [0.717, 1.165) is 43.0 Å². The molecule has 0 amide bonds. The van der Waals surface area contributed by atoms with Gasteiger partial charge in [-0.2, -0.15) is 0 Å². The highest BCUT2D eigenvalue weighted by Gasteiger charge is 2.18. The molecule has 3 rings (SSSR count). The third kappa shape index (κ3) is 4.45. The van der Waals surface area contributed by atoms with E-state index in [9.17, 15) is 15.2 Å². The summed E-state index contributed by atoms with van der Waals surface area (Å²) in [5.41, 5.74) is 2.01. The van der Waals surface area contributed by atoms with Crippen molar-refractivity contribution in [1.82, 2.24) is 4.98 Å². The van der Waals surface area contributed by atoms with Gasteiger partial charge in [0.15, 0.2) is 0 Å². The molecule has 1 fully saturated rings. The minimum Gasteiger partial charge on any atom is -0.396 e. The van der Waals surface area contributed by atoms with Crippen molar-refractivity contribution in [3.05, 3.63) is 58.3 Å². The van der Waals surface area contributed by atoms with Gasteiger partial charge in [-0.15, -0.1) is 0 Å². The average molecular weight is 342 g/mol. The van der Waals surface area contributed by atoms with Gasteiger partial charge < -0.3 is 15.3 Å². The third-order valence-electron chi connectivity index (χ3n) is 4.58. The van der Waals surface area contributed by atoms with Crippen molar-refractivity contribution >= 4 is 17.2 Å². The van der Waals surface area contributed by atoms with Crippen LogP contribution in [0.3, 0.4) is 0 Å². The molecule has 2 N–H and O–H groups in total. The summed E-state index contributed by atoms with van der Waals surface area (Å²) in [6.45, 7) is 2.63. The number of nitro benzene ring substituents is 1. The Balaban J connectivity index is 1.56. The second-order valence-electron chi connectivity index (χ2n) is 6.30. The molecule has 2 aromatic rings. The van der Waals surface area contributed by atoms with Crippen molar-refractivity contribution in [3.8, 4) is 0 Å². The van der Waals surface area contributed by atoms with Crippen LogP contribution >= 0.6 is 0 Å². The lowest BCUT2D eigenvalue weighted by Gasteiger charge is -2.32. The first-order valence-corrected chi connectivity index (χ1v) is 8.45. The van der Waals surface area contributed by atoms with E-state index in [1.54, 1.807) is 12.1 Å². The average Bonchev–Trinajstić information content (AvgIpc) is 2.67. The SMILES string of the molecule is O=[N+]([O-])c1cccc(CNc2ccc(N3CCC(CO)CC3)cn2)c1. The molecule has 1 aromatic heterocycles. The molecular weight excluding hydrogens is 320 g/mol. The molecule has 0 atom stereocenters. The number of nitrogens with zero attached hydrogens (tertiary/aromatic N) is 3. The number of pyridine rings is 1. The first kappa shape index (κ1) is 17.2. The van der Waals surface area contributed by atoms with Gasteiger partial charge in [-0.05, 0) is 36.5 Å². The predicted molar refractivity (Wildman–Crippen MR) is 96.7 cm³/mol. The van der Waals surface area contributed by atoms with Gasteiger partial charge in [-0.3, -0.25) is 10.1 Å². The summed E-state index contributed by atoms with van der Waals surface area (Å²) < 4.78 is 0. The molecule has 132 valence electrons. The molecule has 0 bridgehead atoms. The number of rotatable bonds is 6. The normalized spacial score (nSPS) is 15.2. The molecule has 7 nitrogen and oxygen atoms in total. The minimum absolute atomic E-state index is 0.0916. The van der Waals surface area contributed by atoms with Crippen LogP contribution in [0.4, 0.5) is 17.2 Å². The number of non-ortho nitro benzene ring substituents is 1. The van der Waals surface area contributed by atoms with Gasteiger partial charge in [-0.25, -0.2) is 4.98 Å². The summed E-state index contributed by atoms with van der Waals surface area (Å²) in [7, 11) is 0. The number of aromatic nitrogens is 1. The molecule has 0 unspecified atom stereocenters. The Labute approximate surface area is 146 Å². The Morgan fingerprint density at radius 2 is 2.08 bits per heavy atom. The van der Waals surface area contributed by atoms with Gasteiger partial charge in [0, 0.05) is 38.4 Å². The number of nitrogens with one attached hydrogen (secondary N) is 1. The Morgan fingerprint density at radius 1 is 1.28 bits per heavy atom. The second kappa shape index (κ2) is 7.94. The summed E-state index contributed by atoms with van der Waals surface area (Å²) in [6.07, 6.45) is 3.85. The molecule has 1 aromatic carbocycles. The van der Waals surface area contributed by atoms with E-state index in [-0.39, 0.29) is 12.3 Å². The maximum absolute atomic E-state index is 10.8. The van der Waals surface area contributed by atoms with E-state index in [1.807, 2.05) is 24.4 Å². The largest absolute Gasteiger partial charge is 0.396 e. The van der Waals surface area contributed by atoms with Gasteiger partial charge in [0.25, 0.3) is 5.69 Å². The highest BCUT2D eigenvalue weighted by molar-refractivity contribution is 5.50. The van der Waals surface area contributed by atoms with Gasteiger partial charge in [0.2, 0.25) is 0 Å². The van der Waals surface area contributed by atoms with Gasteiger partial charge in [0.05, 0.1) is 16.8 Å². The zero-order valence-corrected chi connectivity index (χ0v) is 14.0. The first-order chi connectivity index (χ1) is 12.2. The fourth-order valence-electron chi connectivity index (χ4n) is 3.02. The van der Waals surface area contributed by atoms with Crippen LogP contribution in [-0.4, -0.2) is 34.7 Å². The fraction of sp³-hybridized carbons (Fsp3) is 0.389. The number of benzene rings is 1. The molecule has 2 heterocycles. The topological polar surface area (TPSA) is 91.5 Å². The lowest BCUT2D eigenvalue weighted by atomic mass is 9.98. The quantitative estimate of drug-likeness (QED) is 0.619. The van der Waals surface area contributed by atoms with Crippen molar-refractivity contribution in [2.75, 3.05) is 29.9 Å². The number of anilines is 2. The van der Waals surface area contributed by atoms with Crippen LogP contribution < -0.4 is 10.2 Å². The van der Waals surface area contributed by atoms with Crippen LogP contribution in [0.2, 0.25) is 0 Å². The lowest BCUT2D eigenvalue weighted by Crippen LogP contribution is -2.34. The van der Waals surface area contributed by atoms with E-state index in [2.05, 4.69) is 15.2 Å². The first-order valence-electron chi connectivity index (χ1n) is 8.45. The van der Waals surface area contributed by atoms with Crippen LogP contribution in [0.15, 0.2) is 42.6 Å². The molecule has 25 heavy (non-hydrogen) atoms. The molecule has 0 spiro atoms. The zero-order valence-electron chi connectivity index (χ0n) is 14.0. The second-order valence-corrected chi connectivity index (χ2v) is 6.30. The van der Waals surface area contributed by atoms with E-state index >= 15 is 0 Å². The summed E-state index contributed by atoms with van der Waals surface area (Å²) in [6, 6.07) is 10.5. The van der Waals surface area contributed by atoms with Crippen molar-refractivity contribution in [2.24, 2.45) is 5.92 Å². The third-order valence-corrected chi connectivity index (χ3v) is 4.58. The molecular formula is C18H22N4O3. The molecule has 0 aliphatic carbocycles. The minimum atomic E-state index is -0.392. The summed E-state index contributed by atoms with van der Waals surface area (Å²) in [5, 5.41) is 23.2.